The topological polar surface area (TPSA) is 26.3 Å². The third-order valence-electron chi connectivity index (χ3n) is 4.39. The molecule has 0 N–H and O–H groups in total. The molecule has 24 heavy (non-hydrogen) atoms. The van der Waals surface area contributed by atoms with Crippen LogP contribution in [0.15, 0.2) is 72.8 Å². The van der Waals surface area contributed by atoms with E-state index >= 15 is 0 Å². The average Bonchev–Trinajstić information content (AvgIpc) is 2.61. The van der Waals surface area contributed by atoms with Crippen molar-refractivity contribution in [3.05, 3.63) is 83.9 Å². The quantitative estimate of drug-likeness (QED) is 0.569. The number of rotatable bonds is 5. The molecule has 0 aliphatic rings. The van der Waals surface area contributed by atoms with Crippen LogP contribution in [0.1, 0.15) is 43.4 Å². The number of carbonyl (C=O) groups excluding carboxylic acids is 1. The van der Waals surface area contributed by atoms with Crippen molar-refractivity contribution in [3.63, 3.8) is 0 Å². The predicted molar refractivity (Wildman–Crippen MR) is 97.9 cm³/mol. The highest BCUT2D eigenvalue weighted by atomic mass is 16.5. The molecule has 2 heteroatoms. The molecule has 3 aromatic carbocycles. The Hall–Kier alpha value is -2.61. The van der Waals surface area contributed by atoms with E-state index in [-0.39, 0.29) is 18.0 Å². The Kier molecular flexibility index (Phi) is 4.95. The summed E-state index contributed by atoms with van der Waals surface area (Å²) < 4.78 is 5.58. The molecule has 122 valence electrons. The summed E-state index contributed by atoms with van der Waals surface area (Å²) in [7, 11) is 0. The van der Waals surface area contributed by atoms with Crippen molar-refractivity contribution in [3.8, 4) is 0 Å². The van der Waals surface area contributed by atoms with Gasteiger partial charge in [-0.2, -0.15) is 0 Å². The van der Waals surface area contributed by atoms with Gasteiger partial charge in [0.1, 0.15) is 6.10 Å². The van der Waals surface area contributed by atoms with Crippen molar-refractivity contribution in [2.45, 2.75) is 32.3 Å². The van der Waals surface area contributed by atoms with Gasteiger partial charge in [0.2, 0.25) is 0 Å². The molecule has 0 fully saturated rings. The molecule has 0 aliphatic heterocycles. The summed E-state index contributed by atoms with van der Waals surface area (Å²) in [5.41, 5.74) is 2.18. The fraction of sp³-hybridized carbons (Fsp3) is 0.227. The number of ether oxygens (including phenoxy) is 1. The van der Waals surface area contributed by atoms with Crippen molar-refractivity contribution >= 4 is 16.7 Å². The van der Waals surface area contributed by atoms with E-state index in [1.54, 1.807) is 0 Å². The summed E-state index contributed by atoms with van der Waals surface area (Å²) in [6, 6.07) is 24.5. The molecule has 0 bridgehead atoms. The summed E-state index contributed by atoms with van der Waals surface area (Å²) in [5, 5.41) is 2.42. The number of carbonyl (C=O) groups is 1. The van der Waals surface area contributed by atoms with Gasteiger partial charge in [0.25, 0.3) is 0 Å². The molecule has 3 rings (SSSR count). The molecular formula is C22H22O2. The zero-order valence-corrected chi connectivity index (χ0v) is 14.1. The Labute approximate surface area is 143 Å². The molecule has 0 spiro atoms. The molecule has 2 atom stereocenters. The van der Waals surface area contributed by atoms with Gasteiger partial charge in [-0.1, -0.05) is 79.7 Å². The van der Waals surface area contributed by atoms with Crippen LogP contribution in [0.4, 0.5) is 0 Å². The lowest BCUT2D eigenvalue weighted by Crippen LogP contribution is -2.11. The van der Waals surface area contributed by atoms with Crippen molar-refractivity contribution in [2.75, 3.05) is 0 Å². The Balaban J connectivity index is 1.64. The van der Waals surface area contributed by atoms with E-state index in [1.807, 2.05) is 49.4 Å². The standard InChI is InChI=1S/C22H22O2/c1-16(20-13-12-19-10-6-7-11-21(19)15-20)14-22(23)24-17(2)18-8-4-3-5-9-18/h3-13,15-17H,14H2,1-2H3/t16?,17-/m1/s1. The largest absolute Gasteiger partial charge is 0.458 e. The summed E-state index contributed by atoms with van der Waals surface area (Å²) in [5.74, 6) is -0.0305. The van der Waals surface area contributed by atoms with Crippen LogP contribution in [0.25, 0.3) is 10.8 Å². The first-order valence-electron chi connectivity index (χ1n) is 8.36. The molecular weight excluding hydrogens is 296 g/mol. The fourth-order valence-electron chi connectivity index (χ4n) is 2.92. The molecule has 0 saturated heterocycles. The van der Waals surface area contributed by atoms with E-state index in [0.29, 0.717) is 6.42 Å². The van der Waals surface area contributed by atoms with Crippen LogP contribution in [-0.4, -0.2) is 5.97 Å². The lowest BCUT2D eigenvalue weighted by molar-refractivity contribution is -0.149. The molecule has 2 nitrogen and oxygen atoms in total. The normalized spacial score (nSPS) is 13.4. The Morgan fingerprint density at radius 2 is 1.50 bits per heavy atom. The number of benzene rings is 3. The van der Waals surface area contributed by atoms with Crippen LogP contribution in [-0.2, 0) is 9.53 Å². The molecule has 1 unspecified atom stereocenters. The first-order chi connectivity index (χ1) is 11.6. The molecule has 0 saturated carbocycles. The third kappa shape index (κ3) is 3.83. The summed E-state index contributed by atoms with van der Waals surface area (Å²) >= 11 is 0. The SMILES string of the molecule is CC(CC(=O)O[C@H](C)c1ccccc1)c1ccc2ccccc2c1. The third-order valence-corrected chi connectivity index (χ3v) is 4.39. The second-order valence-corrected chi connectivity index (χ2v) is 6.25. The smallest absolute Gasteiger partial charge is 0.306 e. The van der Waals surface area contributed by atoms with Gasteiger partial charge in [0.15, 0.2) is 0 Å². The predicted octanol–water partition coefficient (Wildman–Crippen LogP) is 5.64. The fourth-order valence-corrected chi connectivity index (χ4v) is 2.92. The number of hydrogen-bond donors (Lipinski definition) is 0. The summed E-state index contributed by atoms with van der Waals surface area (Å²) in [4.78, 5) is 12.3. The van der Waals surface area contributed by atoms with E-state index in [9.17, 15) is 4.79 Å². The van der Waals surface area contributed by atoms with Gasteiger partial charge in [-0.3, -0.25) is 4.79 Å². The Morgan fingerprint density at radius 1 is 0.833 bits per heavy atom. The Bertz CT molecular complexity index is 824. The number of hydrogen-bond acceptors (Lipinski definition) is 2. The first kappa shape index (κ1) is 16.3. The van der Waals surface area contributed by atoms with Gasteiger partial charge in [-0.15, -0.1) is 0 Å². The minimum atomic E-state index is -0.220. The average molecular weight is 318 g/mol. The van der Waals surface area contributed by atoms with E-state index in [1.165, 1.54) is 10.8 Å². The zero-order chi connectivity index (χ0) is 16.9. The molecule has 0 radical (unpaired) electrons. The highest BCUT2D eigenvalue weighted by Gasteiger charge is 2.16. The maximum absolute atomic E-state index is 12.3. The van der Waals surface area contributed by atoms with Crippen LogP contribution >= 0.6 is 0 Å². The van der Waals surface area contributed by atoms with Gasteiger partial charge < -0.3 is 4.74 Å². The minimum Gasteiger partial charge on any atom is -0.458 e. The number of esters is 1. The highest BCUT2D eigenvalue weighted by molar-refractivity contribution is 5.83. The summed E-state index contributed by atoms with van der Waals surface area (Å²) in [6.45, 7) is 3.98. The first-order valence-corrected chi connectivity index (χ1v) is 8.36. The molecule has 0 aromatic heterocycles. The highest BCUT2D eigenvalue weighted by Crippen LogP contribution is 2.25. The maximum atomic E-state index is 12.3. The zero-order valence-electron chi connectivity index (χ0n) is 14.1. The van der Waals surface area contributed by atoms with Gasteiger partial charge >= 0.3 is 5.97 Å². The van der Waals surface area contributed by atoms with Crippen molar-refractivity contribution in [1.82, 2.24) is 0 Å². The second kappa shape index (κ2) is 7.31. The van der Waals surface area contributed by atoms with Crippen molar-refractivity contribution < 1.29 is 9.53 Å². The lowest BCUT2D eigenvalue weighted by Gasteiger charge is -2.16. The van der Waals surface area contributed by atoms with E-state index in [4.69, 9.17) is 4.74 Å². The molecule has 3 aromatic rings. The maximum Gasteiger partial charge on any atom is 0.306 e. The van der Waals surface area contributed by atoms with Crippen LogP contribution < -0.4 is 0 Å². The monoisotopic (exact) mass is 318 g/mol. The molecule has 0 heterocycles. The minimum absolute atomic E-state index is 0.130. The van der Waals surface area contributed by atoms with Crippen LogP contribution in [0.2, 0.25) is 0 Å². The van der Waals surface area contributed by atoms with Crippen molar-refractivity contribution in [1.29, 1.82) is 0 Å². The lowest BCUT2D eigenvalue weighted by atomic mass is 9.95. The van der Waals surface area contributed by atoms with Crippen LogP contribution in [0.5, 0.6) is 0 Å². The van der Waals surface area contributed by atoms with E-state index < -0.39 is 0 Å². The summed E-state index contributed by atoms with van der Waals surface area (Å²) in [6.07, 6.45) is 0.165. The van der Waals surface area contributed by atoms with Crippen molar-refractivity contribution in [2.24, 2.45) is 0 Å². The van der Waals surface area contributed by atoms with Gasteiger partial charge in [0, 0.05) is 0 Å². The van der Waals surface area contributed by atoms with Gasteiger partial charge in [-0.25, -0.2) is 0 Å². The molecule has 0 aliphatic carbocycles. The van der Waals surface area contributed by atoms with Crippen LogP contribution in [0, 0.1) is 0 Å². The van der Waals surface area contributed by atoms with E-state index in [2.05, 4.69) is 37.3 Å². The van der Waals surface area contributed by atoms with Gasteiger partial charge in [0.05, 0.1) is 6.42 Å². The number of fused-ring (bicyclic) bond motifs is 1. The van der Waals surface area contributed by atoms with E-state index in [0.717, 1.165) is 11.1 Å². The Morgan fingerprint density at radius 3 is 2.25 bits per heavy atom. The second-order valence-electron chi connectivity index (χ2n) is 6.25. The van der Waals surface area contributed by atoms with Gasteiger partial charge in [-0.05, 0) is 34.7 Å². The molecule has 0 amide bonds. The van der Waals surface area contributed by atoms with Crippen LogP contribution in [0.3, 0.4) is 0 Å².